The Morgan fingerprint density at radius 1 is 1.06 bits per heavy atom. The number of methoxy groups -OCH3 is 1. The Balaban J connectivity index is 1.64. The Morgan fingerprint density at radius 3 is 2.56 bits per heavy atom. The van der Waals surface area contributed by atoms with Gasteiger partial charge in [0.15, 0.2) is 0 Å². The average Bonchev–Trinajstić information content (AvgIpc) is 2.86. The molecule has 34 heavy (non-hydrogen) atoms. The van der Waals surface area contributed by atoms with E-state index in [2.05, 4.69) is 42.7 Å². The van der Waals surface area contributed by atoms with Crippen molar-refractivity contribution in [1.82, 2.24) is 25.2 Å². The van der Waals surface area contributed by atoms with Gasteiger partial charge < -0.3 is 25.6 Å². The summed E-state index contributed by atoms with van der Waals surface area (Å²) in [5, 5.41) is 9.32. The Hall–Kier alpha value is -3.72. The summed E-state index contributed by atoms with van der Waals surface area (Å²) in [5.74, 6) is 2.23. The van der Waals surface area contributed by atoms with Crippen molar-refractivity contribution in [2.24, 2.45) is 0 Å². The summed E-state index contributed by atoms with van der Waals surface area (Å²) < 4.78 is 5.53. The molecule has 3 aromatic rings. The Kier molecular flexibility index (Phi) is 8.75. The fourth-order valence-electron chi connectivity index (χ4n) is 3.44. The second-order valence-electron chi connectivity index (χ2n) is 8.27. The summed E-state index contributed by atoms with van der Waals surface area (Å²) in [5.41, 5.74) is 3.29. The van der Waals surface area contributed by atoms with E-state index in [0.717, 1.165) is 41.5 Å². The molecular weight excluding hydrogens is 430 g/mol. The van der Waals surface area contributed by atoms with Gasteiger partial charge in [0.2, 0.25) is 0 Å². The number of pyridine rings is 1. The number of nitrogens with one attached hydrogen (secondary N) is 3. The van der Waals surface area contributed by atoms with E-state index in [9.17, 15) is 4.79 Å². The second kappa shape index (κ2) is 11.9. The Labute approximate surface area is 201 Å². The average molecular weight is 464 g/mol. The monoisotopic (exact) mass is 463 g/mol. The van der Waals surface area contributed by atoms with E-state index in [-0.39, 0.29) is 11.8 Å². The number of likely N-dealkylation sites (N-methyl/N-ethyl adjacent to an activating group) is 1. The minimum Gasteiger partial charge on any atom is -0.496 e. The largest absolute Gasteiger partial charge is 0.496 e. The molecule has 2 heterocycles. The zero-order valence-corrected chi connectivity index (χ0v) is 20.4. The van der Waals surface area contributed by atoms with Gasteiger partial charge in [0.1, 0.15) is 23.7 Å². The lowest BCUT2D eigenvalue weighted by molar-refractivity contribution is 0.0962. The summed E-state index contributed by atoms with van der Waals surface area (Å²) in [4.78, 5) is 27.3. The van der Waals surface area contributed by atoms with Crippen LogP contribution in [0.4, 0.5) is 11.6 Å². The van der Waals surface area contributed by atoms with E-state index in [1.165, 1.54) is 0 Å². The molecule has 0 radical (unpaired) electrons. The van der Waals surface area contributed by atoms with Crippen molar-refractivity contribution in [3.8, 4) is 17.0 Å². The molecule has 0 saturated carbocycles. The molecule has 0 aliphatic rings. The van der Waals surface area contributed by atoms with Gasteiger partial charge in [-0.05, 0) is 43.9 Å². The van der Waals surface area contributed by atoms with Crippen molar-refractivity contribution in [3.63, 3.8) is 0 Å². The number of carbonyl (C=O) groups is 1. The van der Waals surface area contributed by atoms with Crippen molar-refractivity contribution in [2.45, 2.75) is 12.8 Å². The smallest absolute Gasteiger partial charge is 0.251 e. The van der Waals surface area contributed by atoms with E-state index in [1.54, 1.807) is 26.6 Å². The summed E-state index contributed by atoms with van der Waals surface area (Å²) in [6.45, 7) is 4.50. The molecule has 1 amide bonds. The lowest BCUT2D eigenvalue weighted by Crippen LogP contribution is -2.21. The molecule has 9 heteroatoms. The highest BCUT2D eigenvalue weighted by atomic mass is 16.5. The highest BCUT2D eigenvalue weighted by Crippen LogP contribution is 2.28. The first kappa shape index (κ1) is 24.9. The number of anilines is 2. The van der Waals surface area contributed by atoms with Crippen LogP contribution in [-0.2, 0) is 0 Å². The quantitative estimate of drug-likeness (QED) is 0.399. The number of hydrogen-bond donors (Lipinski definition) is 3. The third-order valence-electron chi connectivity index (χ3n) is 5.43. The first-order valence-corrected chi connectivity index (χ1v) is 11.2. The molecule has 0 bridgehead atoms. The van der Waals surface area contributed by atoms with Crippen molar-refractivity contribution in [3.05, 3.63) is 60.0 Å². The molecule has 3 rings (SSSR count). The summed E-state index contributed by atoms with van der Waals surface area (Å²) in [6.07, 6.45) is 3.36. The maximum Gasteiger partial charge on any atom is 0.251 e. The van der Waals surface area contributed by atoms with E-state index in [1.807, 2.05) is 50.6 Å². The lowest BCUT2D eigenvalue weighted by atomic mass is 9.98. The topological polar surface area (TPSA) is 104 Å². The van der Waals surface area contributed by atoms with Crippen LogP contribution in [0.1, 0.15) is 28.8 Å². The second-order valence-corrected chi connectivity index (χ2v) is 8.27. The maximum absolute atomic E-state index is 11.9. The molecule has 0 unspecified atom stereocenters. The third kappa shape index (κ3) is 6.64. The van der Waals surface area contributed by atoms with E-state index >= 15 is 0 Å². The van der Waals surface area contributed by atoms with Crippen LogP contribution in [0, 0.1) is 0 Å². The molecule has 0 spiro atoms. The predicted molar refractivity (Wildman–Crippen MR) is 136 cm³/mol. The molecular formula is C25H33N7O2. The Bertz CT molecular complexity index is 1090. The van der Waals surface area contributed by atoms with Crippen LogP contribution < -0.4 is 20.7 Å². The van der Waals surface area contributed by atoms with Gasteiger partial charge in [-0.2, -0.15) is 0 Å². The molecule has 2 aromatic heterocycles. The van der Waals surface area contributed by atoms with Crippen LogP contribution in [0.5, 0.6) is 5.75 Å². The normalized spacial score (nSPS) is 11.7. The number of amides is 1. The summed E-state index contributed by atoms with van der Waals surface area (Å²) in [7, 11) is 7.30. The first-order chi connectivity index (χ1) is 16.4. The molecule has 9 nitrogen and oxygen atoms in total. The van der Waals surface area contributed by atoms with Gasteiger partial charge in [0.05, 0.1) is 12.8 Å². The van der Waals surface area contributed by atoms with E-state index < -0.39 is 0 Å². The van der Waals surface area contributed by atoms with Crippen molar-refractivity contribution < 1.29 is 9.53 Å². The molecule has 0 aliphatic heterocycles. The van der Waals surface area contributed by atoms with Gasteiger partial charge in [0, 0.05) is 56.0 Å². The van der Waals surface area contributed by atoms with Gasteiger partial charge in [-0.15, -0.1) is 0 Å². The molecule has 0 saturated heterocycles. The number of benzene rings is 1. The van der Waals surface area contributed by atoms with Crippen LogP contribution >= 0.6 is 0 Å². The first-order valence-electron chi connectivity index (χ1n) is 11.2. The fraction of sp³-hybridized carbons (Fsp3) is 0.360. The number of nitrogens with zero attached hydrogens (tertiary/aromatic N) is 4. The van der Waals surface area contributed by atoms with Crippen LogP contribution in [0.3, 0.4) is 0 Å². The third-order valence-corrected chi connectivity index (χ3v) is 5.43. The molecule has 0 aliphatic carbocycles. The molecule has 0 fully saturated rings. The van der Waals surface area contributed by atoms with Crippen molar-refractivity contribution in [1.29, 1.82) is 0 Å². The van der Waals surface area contributed by atoms with E-state index in [0.29, 0.717) is 17.9 Å². The molecule has 1 aromatic carbocycles. The Morgan fingerprint density at radius 2 is 1.88 bits per heavy atom. The standard InChI is InChI=1S/C25H33N7O2/c1-17(20-8-6-18(25(33)26-2)12-22(20)34-5)14-28-24-13-21(30-16-31-24)19-7-9-23(29-15-19)27-10-11-32(3)4/h6-9,12-13,15-17H,10-11,14H2,1-5H3,(H,26,33)(H,27,29)(H,28,30,31)/t17-/m1/s1. The van der Waals surface area contributed by atoms with E-state index in [4.69, 9.17) is 4.74 Å². The van der Waals surface area contributed by atoms with Crippen molar-refractivity contribution in [2.75, 3.05) is 58.5 Å². The van der Waals surface area contributed by atoms with Gasteiger partial charge in [-0.3, -0.25) is 4.79 Å². The van der Waals surface area contributed by atoms with Gasteiger partial charge in [-0.1, -0.05) is 13.0 Å². The number of rotatable bonds is 11. The number of aromatic nitrogens is 3. The van der Waals surface area contributed by atoms with Crippen LogP contribution in [-0.4, -0.2) is 73.6 Å². The van der Waals surface area contributed by atoms with Gasteiger partial charge in [0.25, 0.3) is 5.91 Å². The summed E-state index contributed by atoms with van der Waals surface area (Å²) in [6, 6.07) is 11.4. The molecule has 3 N–H and O–H groups in total. The van der Waals surface area contributed by atoms with Crippen LogP contribution in [0.15, 0.2) is 48.9 Å². The number of ether oxygens (including phenoxy) is 1. The van der Waals surface area contributed by atoms with Crippen LogP contribution in [0.2, 0.25) is 0 Å². The van der Waals surface area contributed by atoms with Crippen molar-refractivity contribution >= 4 is 17.5 Å². The SMILES string of the molecule is CNC(=O)c1ccc([C@H](C)CNc2cc(-c3ccc(NCCN(C)C)nc3)ncn2)c(OC)c1. The predicted octanol–water partition coefficient (Wildman–Crippen LogP) is 3.10. The van der Waals surface area contributed by atoms with Crippen LogP contribution in [0.25, 0.3) is 11.3 Å². The fourth-order valence-corrected chi connectivity index (χ4v) is 3.44. The molecule has 180 valence electrons. The lowest BCUT2D eigenvalue weighted by Gasteiger charge is -2.17. The molecule has 1 atom stereocenters. The zero-order chi connectivity index (χ0) is 24.5. The zero-order valence-electron chi connectivity index (χ0n) is 20.4. The maximum atomic E-state index is 11.9. The minimum atomic E-state index is -0.143. The minimum absolute atomic E-state index is 0.126. The highest BCUT2D eigenvalue weighted by molar-refractivity contribution is 5.94. The summed E-state index contributed by atoms with van der Waals surface area (Å²) >= 11 is 0. The number of hydrogen-bond acceptors (Lipinski definition) is 8. The highest BCUT2D eigenvalue weighted by Gasteiger charge is 2.15. The number of carbonyl (C=O) groups excluding carboxylic acids is 1. The van der Waals surface area contributed by atoms with Gasteiger partial charge >= 0.3 is 0 Å². The van der Waals surface area contributed by atoms with Gasteiger partial charge in [-0.25, -0.2) is 15.0 Å².